The van der Waals surface area contributed by atoms with Crippen LogP contribution in [0.5, 0.6) is 0 Å². The molecule has 2 aliphatic carbocycles. The highest BCUT2D eigenvalue weighted by atomic mass is 31.1. The van der Waals surface area contributed by atoms with Crippen molar-refractivity contribution < 1.29 is 4.42 Å². The molecule has 3 saturated heterocycles. The van der Waals surface area contributed by atoms with E-state index in [1.165, 1.54) is 0 Å². The van der Waals surface area contributed by atoms with Gasteiger partial charge in [0, 0.05) is 27.1 Å². The van der Waals surface area contributed by atoms with Gasteiger partial charge in [0.05, 0.1) is 12.3 Å². The van der Waals surface area contributed by atoms with Crippen molar-refractivity contribution in [1.29, 1.82) is 0 Å². The van der Waals surface area contributed by atoms with Gasteiger partial charge >= 0.3 is 0 Å². The van der Waals surface area contributed by atoms with Gasteiger partial charge in [-0.1, -0.05) is 62.2 Å². The summed E-state index contributed by atoms with van der Waals surface area (Å²) in [7, 11) is 2.11. The van der Waals surface area contributed by atoms with Crippen molar-refractivity contribution in [1.82, 2.24) is 4.67 Å². The third-order valence-electron chi connectivity index (χ3n) is 9.74. The van der Waals surface area contributed by atoms with Gasteiger partial charge in [-0.05, 0) is 46.7 Å². The number of rotatable bonds is 2. The van der Waals surface area contributed by atoms with Gasteiger partial charge in [0.15, 0.2) is 0 Å². The van der Waals surface area contributed by atoms with Crippen LogP contribution in [-0.4, -0.2) is 17.4 Å². The number of hydrogen-bond donors (Lipinski definition) is 0. The minimum absolute atomic E-state index is 0.123. The summed E-state index contributed by atoms with van der Waals surface area (Å²) in [6, 6.07) is 16.0. The predicted octanol–water partition coefficient (Wildman–Crippen LogP) is 6.32. The van der Waals surface area contributed by atoms with Crippen LogP contribution in [0.3, 0.4) is 0 Å². The molecule has 4 fully saturated rings. The van der Waals surface area contributed by atoms with Crippen molar-refractivity contribution in [2.45, 2.75) is 51.5 Å². The number of allylic oxidation sites excluding steroid dienone is 2. The monoisotopic (exact) mass is 377 g/mol. The first kappa shape index (κ1) is 16.6. The van der Waals surface area contributed by atoms with Gasteiger partial charge in [-0.15, -0.1) is 0 Å². The minimum atomic E-state index is -0.253. The maximum atomic E-state index is 6.04. The van der Waals surface area contributed by atoms with Crippen LogP contribution in [0.15, 0.2) is 64.3 Å². The third kappa shape index (κ3) is 1.25. The van der Waals surface area contributed by atoms with E-state index >= 15 is 0 Å². The van der Waals surface area contributed by atoms with Crippen LogP contribution >= 0.6 is 8.07 Å². The molecule has 1 aromatic carbocycles. The van der Waals surface area contributed by atoms with E-state index in [4.69, 9.17) is 4.42 Å². The molecule has 3 aliphatic heterocycles. The highest BCUT2D eigenvalue weighted by molar-refractivity contribution is 7.66. The van der Waals surface area contributed by atoms with Crippen LogP contribution in [-0.2, 0) is 5.16 Å². The molecule has 140 valence electrons. The highest BCUT2D eigenvalue weighted by Gasteiger charge is 2.98. The van der Waals surface area contributed by atoms with E-state index < -0.39 is 0 Å². The first-order valence-electron chi connectivity index (χ1n) is 10.1. The molecule has 7 atom stereocenters. The molecule has 6 bridgehead atoms. The van der Waals surface area contributed by atoms with E-state index in [0.29, 0.717) is 6.04 Å². The Bertz CT molecular complexity index is 997. The Balaban J connectivity index is 1.70. The van der Waals surface area contributed by atoms with Gasteiger partial charge < -0.3 is 4.42 Å². The van der Waals surface area contributed by atoms with E-state index in [9.17, 15) is 0 Å². The summed E-state index contributed by atoms with van der Waals surface area (Å²) in [5.41, 5.74) is 6.13. The van der Waals surface area contributed by atoms with Crippen molar-refractivity contribution in [2.75, 3.05) is 7.05 Å². The lowest BCUT2D eigenvalue weighted by atomic mass is 9.55. The van der Waals surface area contributed by atoms with Gasteiger partial charge in [0.25, 0.3) is 0 Å². The predicted molar refractivity (Wildman–Crippen MR) is 111 cm³/mol. The molecule has 0 spiro atoms. The Morgan fingerprint density at radius 2 is 1.67 bits per heavy atom. The Labute approximate surface area is 163 Å². The first-order valence-corrected chi connectivity index (χ1v) is 11.5. The molecule has 4 unspecified atom stereocenters. The number of furan rings is 1. The number of benzene rings is 1. The lowest BCUT2D eigenvalue weighted by Crippen LogP contribution is -2.56. The van der Waals surface area contributed by atoms with Gasteiger partial charge in [0.1, 0.15) is 5.76 Å². The topological polar surface area (TPSA) is 16.4 Å². The van der Waals surface area contributed by atoms with Crippen LogP contribution in [0.2, 0.25) is 0 Å². The lowest BCUT2D eigenvalue weighted by Gasteiger charge is -2.61. The largest absolute Gasteiger partial charge is 0.468 e. The van der Waals surface area contributed by atoms with E-state index in [1.807, 2.05) is 6.26 Å². The minimum Gasteiger partial charge on any atom is -0.468 e. The third-order valence-corrected chi connectivity index (χ3v) is 13.5. The Kier molecular flexibility index (Phi) is 2.73. The fraction of sp³-hybridized carbons (Fsp3) is 0.500. The van der Waals surface area contributed by atoms with Crippen LogP contribution < -0.4 is 0 Å². The second kappa shape index (κ2) is 4.44. The Morgan fingerprint density at radius 3 is 2.30 bits per heavy atom. The fourth-order valence-corrected chi connectivity index (χ4v) is 13.4. The smallest absolute Gasteiger partial charge is 0.121 e. The highest BCUT2D eigenvalue weighted by Crippen LogP contribution is 3.07. The molecule has 5 aliphatic rings. The van der Waals surface area contributed by atoms with Gasteiger partial charge in [-0.25, -0.2) is 0 Å². The molecule has 3 heteroatoms. The van der Waals surface area contributed by atoms with Gasteiger partial charge in [0.2, 0.25) is 0 Å². The van der Waals surface area contributed by atoms with Crippen LogP contribution in [0.25, 0.3) is 0 Å². The van der Waals surface area contributed by atoms with Gasteiger partial charge in [-0.2, -0.15) is 0 Å². The molecule has 2 aromatic rings. The lowest BCUT2D eigenvalue weighted by molar-refractivity contribution is -0.0305. The summed E-state index contributed by atoms with van der Waals surface area (Å²) < 4.78 is 8.77. The molecular formula is C24H28NOP. The average Bonchev–Trinajstić information content (AvgIpc) is 3.05. The summed E-state index contributed by atoms with van der Waals surface area (Å²) in [5, 5.41) is 0.286. The summed E-state index contributed by atoms with van der Waals surface area (Å²) in [6.45, 7) is 12.6. The van der Waals surface area contributed by atoms with Crippen molar-refractivity contribution >= 4 is 8.07 Å². The Hall–Kier alpha value is -1.37. The summed E-state index contributed by atoms with van der Waals surface area (Å²) >= 11 is 0. The van der Waals surface area contributed by atoms with E-state index in [-0.39, 0.29) is 29.5 Å². The maximum absolute atomic E-state index is 6.04. The number of nitrogens with zero attached hydrogens (tertiary/aromatic N) is 1. The molecule has 1 aromatic heterocycles. The fourth-order valence-electron chi connectivity index (χ4n) is 8.35. The zero-order chi connectivity index (χ0) is 19.0. The molecule has 0 N–H and O–H groups in total. The Morgan fingerprint density at radius 1 is 0.963 bits per heavy atom. The molecule has 7 rings (SSSR count). The van der Waals surface area contributed by atoms with Crippen LogP contribution in [0.4, 0.5) is 0 Å². The zero-order valence-corrected chi connectivity index (χ0v) is 18.0. The van der Waals surface area contributed by atoms with E-state index in [2.05, 4.69) is 88.8 Å². The molecule has 2 nitrogen and oxygen atoms in total. The second-order valence-electron chi connectivity index (χ2n) is 9.65. The van der Waals surface area contributed by atoms with E-state index in [0.717, 1.165) is 11.4 Å². The zero-order valence-electron chi connectivity index (χ0n) is 17.1. The van der Waals surface area contributed by atoms with Crippen LogP contribution in [0.1, 0.15) is 52.0 Å². The molecule has 27 heavy (non-hydrogen) atoms. The van der Waals surface area contributed by atoms with E-state index in [1.54, 1.807) is 16.7 Å². The van der Waals surface area contributed by atoms with Gasteiger partial charge in [-0.3, -0.25) is 4.67 Å². The van der Waals surface area contributed by atoms with Crippen LogP contribution in [0, 0.1) is 16.2 Å². The standard InChI is InChI=1S/C24H28NOP/c1-15-16(2)22(4)23(5)19(18-13-10-14-26-18)25(6)27-20(21(15,23)3)24(22,27)17-11-8-7-9-12-17/h7-14,19-20H,1-6H3/t19-,20+,21?,22?,23?,24+,27?/m0/s1. The van der Waals surface area contributed by atoms with Crippen molar-refractivity contribution in [3.8, 4) is 0 Å². The SMILES string of the molecule is CC1=C(C)C2(C)C3(C)[C@H](c4ccco4)N(C)P4[C@H](C13C)[C@@]42c1ccccc1. The average molecular weight is 377 g/mol. The maximum Gasteiger partial charge on any atom is 0.121 e. The molecule has 0 radical (unpaired) electrons. The molecule has 1 saturated carbocycles. The summed E-state index contributed by atoms with van der Waals surface area (Å²) in [6.07, 6.45) is 1.85. The quantitative estimate of drug-likeness (QED) is 0.449. The molecular weight excluding hydrogens is 349 g/mol. The van der Waals surface area contributed by atoms with Crippen molar-refractivity contribution in [3.63, 3.8) is 0 Å². The summed E-state index contributed by atoms with van der Waals surface area (Å²) in [4.78, 5) is 0. The molecule has 4 heterocycles. The summed E-state index contributed by atoms with van der Waals surface area (Å²) in [5.74, 6) is 1.15. The van der Waals surface area contributed by atoms with Crippen molar-refractivity contribution in [3.05, 3.63) is 71.2 Å². The number of fused-ring (bicyclic) bond motifs is 1. The molecule has 0 amide bonds. The first-order chi connectivity index (χ1) is 12.8. The second-order valence-corrected chi connectivity index (χ2v) is 12.2. The number of hydrogen-bond acceptors (Lipinski definition) is 2. The van der Waals surface area contributed by atoms with Crippen molar-refractivity contribution in [2.24, 2.45) is 16.2 Å². The normalized spacial score (nSPS) is 49.8.